The highest BCUT2D eigenvalue weighted by Gasteiger charge is 2.02. The number of para-hydroxylation sites is 1. The van der Waals surface area contributed by atoms with E-state index in [0.717, 1.165) is 27.6 Å². The summed E-state index contributed by atoms with van der Waals surface area (Å²) in [6.45, 7) is 0.707. The van der Waals surface area contributed by atoms with Crippen LogP contribution in [0.3, 0.4) is 0 Å². The summed E-state index contributed by atoms with van der Waals surface area (Å²) in [4.78, 5) is 12.0. The molecule has 0 aliphatic heterocycles. The van der Waals surface area contributed by atoms with Gasteiger partial charge in [-0.25, -0.2) is 4.79 Å². The number of amides is 2. The fraction of sp³-hybridized carbons (Fsp3) is 0.0500. The van der Waals surface area contributed by atoms with Crippen molar-refractivity contribution in [3.63, 3.8) is 0 Å². The molecule has 3 aromatic carbocycles. The highest BCUT2D eigenvalue weighted by Crippen LogP contribution is 2.16. The topological polar surface area (TPSA) is 53.2 Å². The van der Waals surface area contributed by atoms with Crippen molar-refractivity contribution >= 4 is 34.7 Å². The first-order valence-electron chi connectivity index (χ1n) is 7.90. The first-order valence-corrected chi connectivity index (χ1v) is 8.28. The molecule has 0 spiro atoms. The van der Waals surface area contributed by atoms with E-state index in [-0.39, 0.29) is 6.03 Å². The zero-order chi connectivity index (χ0) is 17.5. The largest absolute Gasteiger partial charge is 0.381 e. The van der Waals surface area contributed by atoms with E-state index in [9.17, 15) is 4.79 Å². The standard InChI is InChI=1S/C20H18ClN3O/c21-16-8-6-15(7-9-16)14-22-17-10-12-19(13-11-17)24-20(25)23-18-4-2-1-3-5-18/h1-13,22H,14H2,(H2,23,24,25). The van der Waals surface area contributed by atoms with Crippen molar-refractivity contribution < 1.29 is 4.79 Å². The number of hydrogen-bond acceptors (Lipinski definition) is 2. The zero-order valence-electron chi connectivity index (χ0n) is 13.5. The number of anilines is 3. The van der Waals surface area contributed by atoms with Gasteiger partial charge in [0.2, 0.25) is 0 Å². The summed E-state index contributed by atoms with van der Waals surface area (Å²) < 4.78 is 0. The summed E-state index contributed by atoms with van der Waals surface area (Å²) >= 11 is 5.88. The summed E-state index contributed by atoms with van der Waals surface area (Å²) in [5, 5.41) is 9.64. The molecule has 126 valence electrons. The Balaban J connectivity index is 1.51. The molecule has 3 rings (SSSR count). The van der Waals surface area contributed by atoms with Gasteiger partial charge in [-0.05, 0) is 54.1 Å². The number of rotatable bonds is 5. The molecule has 0 aromatic heterocycles. The molecule has 3 aromatic rings. The molecule has 0 bridgehead atoms. The molecular formula is C20H18ClN3O. The number of benzene rings is 3. The van der Waals surface area contributed by atoms with Crippen LogP contribution in [0.1, 0.15) is 5.56 Å². The Morgan fingerprint density at radius 1 is 0.720 bits per heavy atom. The minimum absolute atomic E-state index is 0.270. The fourth-order valence-corrected chi connectivity index (χ4v) is 2.42. The van der Waals surface area contributed by atoms with Crippen molar-refractivity contribution in [3.05, 3.63) is 89.4 Å². The van der Waals surface area contributed by atoms with Gasteiger partial charge >= 0.3 is 6.03 Å². The fourth-order valence-electron chi connectivity index (χ4n) is 2.29. The molecule has 0 aliphatic carbocycles. The maximum absolute atomic E-state index is 12.0. The number of halogens is 1. The Morgan fingerprint density at radius 2 is 1.28 bits per heavy atom. The lowest BCUT2D eigenvalue weighted by molar-refractivity contribution is 0.262. The Kier molecular flexibility index (Phi) is 5.54. The number of nitrogens with one attached hydrogen (secondary N) is 3. The second kappa shape index (κ2) is 8.22. The molecule has 0 unspecified atom stereocenters. The minimum Gasteiger partial charge on any atom is -0.381 e. The maximum atomic E-state index is 12.0. The van der Waals surface area contributed by atoms with Crippen LogP contribution in [-0.2, 0) is 6.54 Å². The predicted molar refractivity (Wildman–Crippen MR) is 104 cm³/mol. The van der Waals surface area contributed by atoms with E-state index < -0.39 is 0 Å². The van der Waals surface area contributed by atoms with Crippen molar-refractivity contribution in [1.82, 2.24) is 0 Å². The van der Waals surface area contributed by atoms with Crippen LogP contribution in [0.5, 0.6) is 0 Å². The number of carbonyl (C=O) groups excluding carboxylic acids is 1. The van der Waals surface area contributed by atoms with Gasteiger partial charge in [-0.15, -0.1) is 0 Å². The number of carbonyl (C=O) groups is 1. The van der Waals surface area contributed by atoms with E-state index in [1.807, 2.05) is 78.9 Å². The van der Waals surface area contributed by atoms with Gasteiger partial charge in [0.25, 0.3) is 0 Å². The van der Waals surface area contributed by atoms with Crippen molar-refractivity contribution in [2.24, 2.45) is 0 Å². The predicted octanol–water partition coefficient (Wildman–Crippen LogP) is 5.60. The lowest BCUT2D eigenvalue weighted by atomic mass is 10.2. The van der Waals surface area contributed by atoms with Crippen LogP contribution in [0.15, 0.2) is 78.9 Å². The van der Waals surface area contributed by atoms with Crippen LogP contribution in [0.25, 0.3) is 0 Å². The van der Waals surface area contributed by atoms with Gasteiger partial charge in [-0.2, -0.15) is 0 Å². The van der Waals surface area contributed by atoms with E-state index in [2.05, 4.69) is 16.0 Å². The van der Waals surface area contributed by atoms with E-state index in [1.165, 1.54) is 0 Å². The molecule has 5 heteroatoms. The van der Waals surface area contributed by atoms with Crippen LogP contribution < -0.4 is 16.0 Å². The van der Waals surface area contributed by atoms with Crippen LogP contribution in [0.4, 0.5) is 21.9 Å². The third-order valence-electron chi connectivity index (χ3n) is 3.58. The molecule has 0 saturated carbocycles. The maximum Gasteiger partial charge on any atom is 0.323 e. The van der Waals surface area contributed by atoms with Gasteiger partial charge in [0, 0.05) is 28.6 Å². The van der Waals surface area contributed by atoms with Gasteiger partial charge in [0.15, 0.2) is 0 Å². The molecule has 0 heterocycles. The normalized spacial score (nSPS) is 10.1. The first-order chi connectivity index (χ1) is 12.2. The summed E-state index contributed by atoms with van der Waals surface area (Å²) in [6.07, 6.45) is 0. The molecule has 0 aliphatic rings. The smallest absolute Gasteiger partial charge is 0.323 e. The first kappa shape index (κ1) is 16.9. The molecule has 2 amide bonds. The van der Waals surface area contributed by atoms with Gasteiger partial charge in [0.1, 0.15) is 0 Å². The van der Waals surface area contributed by atoms with Gasteiger partial charge in [-0.3, -0.25) is 0 Å². The summed E-state index contributed by atoms with van der Waals surface area (Å²) in [5.74, 6) is 0. The molecule has 0 fully saturated rings. The molecular weight excluding hydrogens is 334 g/mol. The monoisotopic (exact) mass is 351 g/mol. The molecule has 3 N–H and O–H groups in total. The molecule has 25 heavy (non-hydrogen) atoms. The van der Waals surface area contributed by atoms with Crippen LogP contribution in [0.2, 0.25) is 5.02 Å². The summed E-state index contributed by atoms with van der Waals surface area (Å²) in [5.41, 5.74) is 3.60. The number of urea groups is 1. The van der Waals surface area contributed by atoms with Crippen molar-refractivity contribution in [2.45, 2.75) is 6.54 Å². The SMILES string of the molecule is O=C(Nc1ccccc1)Nc1ccc(NCc2ccc(Cl)cc2)cc1. The highest BCUT2D eigenvalue weighted by molar-refractivity contribution is 6.30. The quantitative estimate of drug-likeness (QED) is 0.560. The van der Waals surface area contributed by atoms with Gasteiger partial charge < -0.3 is 16.0 Å². The van der Waals surface area contributed by atoms with Crippen molar-refractivity contribution in [2.75, 3.05) is 16.0 Å². The second-order valence-corrected chi connectivity index (χ2v) is 5.94. The highest BCUT2D eigenvalue weighted by atomic mass is 35.5. The Morgan fingerprint density at radius 3 is 1.92 bits per heavy atom. The van der Waals surface area contributed by atoms with Crippen LogP contribution in [-0.4, -0.2) is 6.03 Å². The van der Waals surface area contributed by atoms with E-state index in [4.69, 9.17) is 11.6 Å². The average Bonchev–Trinajstić information content (AvgIpc) is 2.63. The third-order valence-corrected chi connectivity index (χ3v) is 3.84. The second-order valence-electron chi connectivity index (χ2n) is 5.50. The molecule has 0 saturated heterocycles. The molecule has 4 nitrogen and oxygen atoms in total. The van der Waals surface area contributed by atoms with Crippen LogP contribution in [0, 0.1) is 0 Å². The summed E-state index contributed by atoms with van der Waals surface area (Å²) in [6, 6.07) is 24.3. The Labute approximate surface area is 151 Å². The van der Waals surface area contributed by atoms with E-state index in [1.54, 1.807) is 0 Å². The van der Waals surface area contributed by atoms with E-state index in [0.29, 0.717) is 6.54 Å². The van der Waals surface area contributed by atoms with Gasteiger partial charge in [-0.1, -0.05) is 41.9 Å². The van der Waals surface area contributed by atoms with Crippen LogP contribution >= 0.6 is 11.6 Å². The number of hydrogen-bond donors (Lipinski definition) is 3. The van der Waals surface area contributed by atoms with Gasteiger partial charge in [0.05, 0.1) is 0 Å². The summed E-state index contributed by atoms with van der Waals surface area (Å²) in [7, 11) is 0. The van der Waals surface area contributed by atoms with Crippen molar-refractivity contribution in [3.8, 4) is 0 Å². The zero-order valence-corrected chi connectivity index (χ0v) is 14.3. The van der Waals surface area contributed by atoms with E-state index >= 15 is 0 Å². The lowest BCUT2D eigenvalue weighted by Gasteiger charge is -2.10. The Hall–Kier alpha value is -2.98. The van der Waals surface area contributed by atoms with Crippen molar-refractivity contribution in [1.29, 1.82) is 0 Å². The average molecular weight is 352 g/mol. The lowest BCUT2D eigenvalue weighted by Crippen LogP contribution is -2.19. The molecule has 0 radical (unpaired) electrons. The molecule has 0 atom stereocenters. The third kappa shape index (κ3) is 5.26. The Bertz CT molecular complexity index is 818. The minimum atomic E-state index is -0.270.